The zero-order valence-electron chi connectivity index (χ0n) is 22.2. The quantitative estimate of drug-likeness (QED) is 0.314. The number of ether oxygens (including phenoxy) is 1. The van der Waals surface area contributed by atoms with Crippen LogP contribution in [0.1, 0.15) is 52.0 Å². The first-order chi connectivity index (χ1) is 18.9. The number of rotatable bonds is 9. The number of hydrogen-bond acceptors (Lipinski definition) is 9. The summed E-state index contributed by atoms with van der Waals surface area (Å²) in [5.41, 5.74) is 2.86. The molecule has 3 aromatic heterocycles. The van der Waals surface area contributed by atoms with Gasteiger partial charge in [0.15, 0.2) is 6.29 Å². The van der Waals surface area contributed by atoms with Gasteiger partial charge < -0.3 is 10.1 Å². The summed E-state index contributed by atoms with van der Waals surface area (Å²) in [4.78, 5) is 52.7. The molecule has 12 heteroatoms. The summed E-state index contributed by atoms with van der Waals surface area (Å²) in [6.45, 7) is 5.17. The summed E-state index contributed by atoms with van der Waals surface area (Å²) >= 11 is 0. The van der Waals surface area contributed by atoms with Crippen molar-refractivity contribution in [2.75, 3.05) is 42.3 Å². The van der Waals surface area contributed by atoms with Crippen LogP contribution in [0, 0.1) is 18.3 Å². The van der Waals surface area contributed by atoms with E-state index < -0.39 is 6.03 Å². The van der Waals surface area contributed by atoms with E-state index >= 15 is 0 Å². The largest absolute Gasteiger partial charge is 0.383 e. The van der Waals surface area contributed by atoms with Crippen LogP contribution in [-0.2, 0) is 24.1 Å². The Kier molecular flexibility index (Phi) is 8.63. The summed E-state index contributed by atoms with van der Waals surface area (Å²) in [5.74, 6) is 1.28. The smallest absolute Gasteiger partial charge is 0.328 e. The summed E-state index contributed by atoms with van der Waals surface area (Å²) in [6.07, 6.45) is 3.95. The van der Waals surface area contributed by atoms with E-state index in [9.17, 15) is 19.6 Å². The number of urea groups is 1. The van der Waals surface area contributed by atoms with E-state index in [1.165, 1.54) is 17.2 Å². The zero-order chi connectivity index (χ0) is 27.9. The highest BCUT2D eigenvalue weighted by molar-refractivity contribution is 6.01. The second-order valence-corrected chi connectivity index (χ2v) is 9.06. The number of aromatic nitrogens is 4. The van der Waals surface area contributed by atoms with Crippen molar-refractivity contribution in [2.24, 2.45) is 0 Å². The number of aryl methyl sites for hydroxylation is 3. The van der Waals surface area contributed by atoms with Gasteiger partial charge in [-0.1, -0.05) is 6.92 Å². The van der Waals surface area contributed by atoms with E-state index in [2.05, 4.69) is 31.7 Å². The van der Waals surface area contributed by atoms with Crippen LogP contribution in [-0.4, -0.2) is 58.6 Å². The van der Waals surface area contributed by atoms with E-state index in [1.54, 1.807) is 24.7 Å². The molecule has 0 saturated heterocycles. The Hall–Kier alpha value is -4.63. The number of amides is 2. The lowest BCUT2D eigenvalue weighted by molar-refractivity contribution is 0.111. The van der Waals surface area contributed by atoms with E-state index in [0.717, 1.165) is 5.56 Å². The van der Waals surface area contributed by atoms with Gasteiger partial charge in [0, 0.05) is 56.2 Å². The van der Waals surface area contributed by atoms with E-state index in [1.807, 2.05) is 13.0 Å². The van der Waals surface area contributed by atoms with Crippen LogP contribution < -0.4 is 21.1 Å². The Labute approximate surface area is 225 Å². The standard InChI is InChI=1S/C27H30N8O4/c1-4-24-31-17(2)10-25(37)35(24)15-19-11-18-6-5-8-34(26(18)32-22(19)16-36)27(38)33-23-12-21(29-7-9-39-3)20(13-28)14-30-23/h10-12,14,16H,4-9,15H2,1-3H3,(H2,29,30,33,38). The van der Waals surface area contributed by atoms with Crippen LogP contribution in [0.3, 0.4) is 0 Å². The summed E-state index contributed by atoms with van der Waals surface area (Å²) in [5, 5.41) is 15.2. The van der Waals surface area contributed by atoms with Crippen LogP contribution in [0.25, 0.3) is 0 Å². The molecule has 0 bridgehead atoms. The second kappa shape index (κ2) is 12.3. The molecule has 0 saturated carbocycles. The fourth-order valence-electron chi connectivity index (χ4n) is 4.50. The van der Waals surface area contributed by atoms with Crippen molar-refractivity contribution in [1.29, 1.82) is 5.26 Å². The molecule has 0 spiro atoms. The van der Waals surface area contributed by atoms with Crippen molar-refractivity contribution in [2.45, 2.75) is 39.7 Å². The molecule has 4 heterocycles. The summed E-state index contributed by atoms with van der Waals surface area (Å²) in [7, 11) is 1.58. The molecular formula is C27H30N8O4. The summed E-state index contributed by atoms with van der Waals surface area (Å²) < 4.78 is 6.58. The molecule has 0 radical (unpaired) electrons. The van der Waals surface area contributed by atoms with E-state index in [4.69, 9.17) is 4.74 Å². The molecule has 0 fully saturated rings. The third-order valence-electron chi connectivity index (χ3n) is 6.37. The molecule has 0 atom stereocenters. The number of pyridine rings is 2. The van der Waals surface area contributed by atoms with Gasteiger partial charge >= 0.3 is 6.03 Å². The van der Waals surface area contributed by atoms with Crippen molar-refractivity contribution >= 4 is 29.6 Å². The molecule has 0 aliphatic carbocycles. The first-order valence-corrected chi connectivity index (χ1v) is 12.6. The predicted octanol–water partition coefficient (Wildman–Crippen LogP) is 2.68. The predicted molar refractivity (Wildman–Crippen MR) is 145 cm³/mol. The van der Waals surface area contributed by atoms with E-state index in [0.29, 0.717) is 79.4 Å². The highest BCUT2D eigenvalue weighted by Crippen LogP contribution is 2.28. The van der Waals surface area contributed by atoms with Gasteiger partial charge in [-0.15, -0.1) is 0 Å². The number of aldehydes is 1. The average molecular weight is 531 g/mol. The lowest BCUT2D eigenvalue weighted by atomic mass is 10.0. The Morgan fingerprint density at radius 2 is 2.10 bits per heavy atom. The second-order valence-electron chi connectivity index (χ2n) is 9.06. The van der Waals surface area contributed by atoms with Crippen LogP contribution in [0.2, 0.25) is 0 Å². The fourth-order valence-corrected chi connectivity index (χ4v) is 4.50. The number of hydrogen-bond donors (Lipinski definition) is 2. The molecule has 0 aromatic carbocycles. The van der Waals surface area contributed by atoms with Gasteiger partial charge in [0.25, 0.3) is 5.56 Å². The number of methoxy groups -OCH3 is 1. The monoisotopic (exact) mass is 530 g/mol. The topological polar surface area (TPSA) is 155 Å². The third-order valence-corrected chi connectivity index (χ3v) is 6.37. The maximum absolute atomic E-state index is 13.3. The summed E-state index contributed by atoms with van der Waals surface area (Å²) in [6, 6.07) is 6.51. The highest BCUT2D eigenvalue weighted by atomic mass is 16.5. The lowest BCUT2D eigenvalue weighted by Crippen LogP contribution is -2.40. The molecule has 202 valence electrons. The van der Waals surface area contributed by atoms with Gasteiger partial charge in [-0.2, -0.15) is 5.26 Å². The van der Waals surface area contributed by atoms with Crippen molar-refractivity contribution < 1.29 is 14.3 Å². The van der Waals surface area contributed by atoms with Gasteiger partial charge in [0.1, 0.15) is 29.2 Å². The number of carbonyl (C=O) groups excluding carboxylic acids is 2. The molecule has 12 nitrogen and oxygen atoms in total. The van der Waals surface area contributed by atoms with Gasteiger partial charge in [-0.3, -0.25) is 24.4 Å². The lowest BCUT2D eigenvalue weighted by Gasteiger charge is -2.29. The Morgan fingerprint density at radius 3 is 2.82 bits per heavy atom. The molecule has 39 heavy (non-hydrogen) atoms. The number of fused-ring (bicyclic) bond motifs is 1. The minimum absolute atomic E-state index is 0.157. The Bertz CT molecular complexity index is 1490. The first-order valence-electron chi connectivity index (χ1n) is 12.6. The molecule has 3 aromatic rings. The number of anilines is 3. The van der Waals surface area contributed by atoms with Gasteiger partial charge in [-0.25, -0.2) is 19.7 Å². The maximum Gasteiger partial charge on any atom is 0.328 e. The highest BCUT2D eigenvalue weighted by Gasteiger charge is 2.26. The van der Waals surface area contributed by atoms with E-state index in [-0.39, 0.29) is 23.6 Å². The minimum atomic E-state index is -0.458. The maximum atomic E-state index is 13.3. The molecular weight excluding hydrogens is 500 g/mol. The number of nitrogens with zero attached hydrogens (tertiary/aromatic N) is 6. The van der Waals surface area contributed by atoms with Crippen LogP contribution in [0.4, 0.5) is 22.1 Å². The average Bonchev–Trinajstić information content (AvgIpc) is 2.93. The Morgan fingerprint density at radius 1 is 1.28 bits per heavy atom. The van der Waals surface area contributed by atoms with Crippen LogP contribution in [0.5, 0.6) is 0 Å². The van der Waals surface area contributed by atoms with Crippen molar-refractivity contribution in [3.8, 4) is 6.07 Å². The number of carbonyl (C=O) groups is 2. The SMILES string of the molecule is CCc1nc(C)cc(=O)n1Cc1cc2c(nc1C=O)N(C(=O)Nc1cc(NCCOC)c(C#N)cn1)CCC2. The normalized spacial score (nSPS) is 12.4. The first kappa shape index (κ1) is 27.4. The molecule has 1 aliphatic heterocycles. The molecule has 4 rings (SSSR count). The van der Waals surface area contributed by atoms with Crippen molar-refractivity contribution in [3.63, 3.8) is 0 Å². The van der Waals surface area contributed by atoms with Gasteiger partial charge in [0.2, 0.25) is 0 Å². The minimum Gasteiger partial charge on any atom is -0.383 e. The van der Waals surface area contributed by atoms with Gasteiger partial charge in [0.05, 0.1) is 24.4 Å². The molecule has 2 amide bonds. The third kappa shape index (κ3) is 6.10. The Balaban J connectivity index is 1.61. The van der Waals surface area contributed by atoms with Crippen LogP contribution in [0.15, 0.2) is 29.2 Å². The molecule has 0 unspecified atom stereocenters. The van der Waals surface area contributed by atoms with Crippen molar-refractivity contribution in [3.05, 3.63) is 68.7 Å². The molecule has 2 N–H and O–H groups in total. The van der Waals surface area contributed by atoms with Crippen molar-refractivity contribution in [1.82, 2.24) is 19.5 Å². The fraction of sp³-hybridized carbons (Fsp3) is 0.370. The zero-order valence-corrected chi connectivity index (χ0v) is 22.2. The van der Waals surface area contributed by atoms with Crippen LogP contribution >= 0.6 is 0 Å². The number of nitriles is 1. The van der Waals surface area contributed by atoms with Gasteiger partial charge in [-0.05, 0) is 31.4 Å². The number of nitrogens with one attached hydrogen (secondary N) is 2. The molecule has 1 aliphatic rings.